The molecular weight excluding hydrogens is 326 g/mol. The molecule has 2 aromatic rings. The first kappa shape index (κ1) is 18.0. The summed E-state index contributed by atoms with van der Waals surface area (Å²) < 4.78 is 27.3. The number of unbranched alkanes of at least 4 members (excludes halogenated alkanes) is 1. The molecule has 0 aliphatic heterocycles. The van der Waals surface area contributed by atoms with Crippen molar-refractivity contribution in [3.05, 3.63) is 59.2 Å². The monoisotopic (exact) mass is 346 g/mol. The van der Waals surface area contributed by atoms with Crippen LogP contribution in [0.25, 0.3) is 0 Å². The predicted molar refractivity (Wildman–Crippen MR) is 91.4 cm³/mol. The van der Waals surface area contributed by atoms with Gasteiger partial charge in [0, 0.05) is 11.3 Å². The highest BCUT2D eigenvalue weighted by atomic mass is 32.2. The van der Waals surface area contributed by atoms with Gasteiger partial charge in [0.25, 0.3) is 10.0 Å². The van der Waals surface area contributed by atoms with Gasteiger partial charge in [0.05, 0.1) is 10.9 Å². The van der Waals surface area contributed by atoms with Crippen LogP contribution in [0, 0.1) is 6.92 Å². The van der Waals surface area contributed by atoms with E-state index < -0.39 is 16.0 Å². The van der Waals surface area contributed by atoms with Crippen LogP contribution in [0.1, 0.15) is 41.3 Å². The van der Waals surface area contributed by atoms with E-state index in [9.17, 15) is 18.3 Å². The maximum absolute atomic E-state index is 12.4. The fraction of sp³-hybridized carbons (Fsp3) is 0.278. The topological polar surface area (TPSA) is 86.3 Å². The minimum atomic E-state index is -3.86. The second-order valence-electron chi connectivity index (χ2n) is 5.67. The molecule has 0 heterocycles. The van der Waals surface area contributed by atoms with Crippen LogP contribution < -0.4 is 9.83 Å². The quantitative estimate of drug-likeness (QED) is 0.834. The van der Waals surface area contributed by atoms with Gasteiger partial charge < -0.3 is 9.90 Å². The van der Waals surface area contributed by atoms with Crippen LogP contribution in [0.2, 0.25) is 0 Å². The minimum Gasteiger partial charge on any atom is -0.545 e. The third kappa shape index (κ3) is 4.35. The van der Waals surface area contributed by atoms with E-state index in [0.717, 1.165) is 30.9 Å². The lowest BCUT2D eigenvalue weighted by atomic mass is 10.1. The third-order valence-corrected chi connectivity index (χ3v) is 5.14. The first-order valence-electron chi connectivity index (χ1n) is 7.77. The van der Waals surface area contributed by atoms with Crippen LogP contribution in [-0.4, -0.2) is 14.4 Å². The van der Waals surface area contributed by atoms with Crippen LogP contribution in [-0.2, 0) is 16.4 Å². The van der Waals surface area contributed by atoms with Crippen molar-refractivity contribution in [1.29, 1.82) is 0 Å². The lowest BCUT2D eigenvalue weighted by molar-refractivity contribution is -0.255. The number of carbonyl (C=O) groups is 1. The summed E-state index contributed by atoms with van der Waals surface area (Å²) in [5, 5.41) is 11.1. The molecule has 2 aromatic carbocycles. The Labute approximate surface area is 142 Å². The van der Waals surface area contributed by atoms with Crippen molar-refractivity contribution >= 4 is 21.7 Å². The number of aromatic carboxylic acids is 1. The van der Waals surface area contributed by atoms with Crippen molar-refractivity contribution < 1.29 is 18.3 Å². The third-order valence-electron chi connectivity index (χ3n) is 3.76. The molecular formula is C18H20NO4S-. The molecule has 24 heavy (non-hydrogen) atoms. The van der Waals surface area contributed by atoms with E-state index in [1.165, 1.54) is 12.1 Å². The molecule has 128 valence electrons. The Bertz CT molecular complexity index is 827. The predicted octanol–water partition coefficient (Wildman–Crippen LogP) is 2.50. The maximum atomic E-state index is 12.4. The van der Waals surface area contributed by atoms with Crippen molar-refractivity contribution in [2.75, 3.05) is 4.72 Å². The molecule has 0 unspecified atom stereocenters. The van der Waals surface area contributed by atoms with Crippen LogP contribution in [0.5, 0.6) is 0 Å². The molecule has 5 nitrogen and oxygen atoms in total. The number of carboxylic acids is 1. The van der Waals surface area contributed by atoms with Gasteiger partial charge in [-0.05, 0) is 55.2 Å². The molecule has 0 spiro atoms. The number of aryl methyl sites for hydroxylation is 2. The number of nitrogens with one attached hydrogen (secondary N) is 1. The van der Waals surface area contributed by atoms with Crippen molar-refractivity contribution in [2.45, 2.75) is 38.0 Å². The molecule has 0 saturated heterocycles. The molecule has 0 aromatic heterocycles. The summed E-state index contributed by atoms with van der Waals surface area (Å²) in [6.45, 7) is 3.70. The van der Waals surface area contributed by atoms with Gasteiger partial charge in [0.15, 0.2) is 0 Å². The SMILES string of the molecule is CCCCc1ccc(NS(=O)(=O)c2ccc(C)c(C(=O)[O-])c2)cc1. The molecule has 0 aliphatic rings. The van der Waals surface area contributed by atoms with E-state index in [1.807, 2.05) is 12.1 Å². The zero-order chi connectivity index (χ0) is 17.7. The van der Waals surface area contributed by atoms with Crippen LogP contribution in [0.4, 0.5) is 5.69 Å². The molecule has 1 N–H and O–H groups in total. The lowest BCUT2D eigenvalue weighted by Crippen LogP contribution is -2.24. The average Bonchev–Trinajstić information content (AvgIpc) is 2.54. The molecule has 0 radical (unpaired) electrons. The van der Waals surface area contributed by atoms with Gasteiger partial charge in [-0.25, -0.2) is 8.42 Å². The minimum absolute atomic E-state index is 0.109. The fourth-order valence-corrected chi connectivity index (χ4v) is 3.41. The molecule has 0 saturated carbocycles. The smallest absolute Gasteiger partial charge is 0.261 e. The highest BCUT2D eigenvalue weighted by Crippen LogP contribution is 2.20. The Morgan fingerprint density at radius 1 is 1.12 bits per heavy atom. The van der Waals surface area contributed by atoms with Crippen molar-refractivity contribution in [3.63, 3.8) is 0 Å². The average molecular weight is 346 g/mol. The van der Waals surface area contributed by atoms with Crippen LogP contribution in [0.15, 0.2) is 47.4 Å². The Kier molecular flexibility index (Phi) is 5.62. The number of hydrogen-bond acceptors (Lipinski definition) is 4. The number of carbonyl (C=O) groups excluding carboxylic acids is 1. The highest BCUT2D eigenvalue weighted by Gasteiger charge is 2.16. The highest BCUT2D eigenvalue weighted by molar-refractivity contribution is 7.92. The number of carboxylic acid groups (broad SMARTS) is 1. The molecule has 0 amide bonds. The summed E-state index contributed by atoms with van der Waals surface area (Å²) in [6.07, 6.45) is 3.14. The molecule has 0 atom stereocenters. The Hall–Kier alpha value is -2.34. The van der Waals surface area contributed by atoms with Gasteiger partial charge >= 0.3 is 0 Å². The summed E-state index contributed by atoms with van der Waals surface area (Å²) in [4.78, 5) is 10.9. The molecule has 6 heteroatoms. The van der Waals surface area contributed by atoms with Gasteiger partial charge in [-0.3, -0.25) is 4.72 Å². The zero-order valence-corrected chi connectivity index (χ0v) is 14.5. The van der Waals surface area contributed by atoms with Gasteiger partial charge in [-0.1, -0.05) is 31.5 Å². The van der Waals surface area contributed by atoms with E-state index in [2.05, 4.69) is 11.6 Å². The number of benzene rings is 2. The lowest BCUT2D eigenvalue weighted by Gasteiger charge is -2.12. The van der Waals surface area contributed by atoms with E-state index in [4.69, 9.17) is 0 Å². The van der Waals surface area contributed by atoms with Gasteiger partial charge in [-0.2, -0.15) is 0 Å². The zero-order valence-electron chi connectivity index (χ0n) is 13.7. The molecule has 0 aliphatic carbocycles. The first-order chi connectivity index (χ1) is 11.3. The largest absolute Gasteiger partial charge is 0.545 e. The van der Waals surface area contributed by atoms with Crippen molar-refractivity contribution in [2.24, 2.45) is 0 Å². The standard InChI is InChI=1S/C18H21NO4S/c1-3-4-5-14-7-9-15(10-8-14)19-24(22,23)16-11-6-13(2)17(12-16)18(20)21/h6-12,19H,3-5H2,1-2H3,(H,20,21)/p-1. The fourth-order valence-electron chi connectivity index (χ4n) is 2.32. The summed E-state index contributed by atoms with van der Waals surface area (Å²) in [5.41, 5.74) is 1.90. The van der Waals surface area contributed by atoms with E-state index >= 15 is 0 Å². The summed E-state index contributed by atoms with van der Waals surface area (Å²) in [5.74, 6) is -1.40. The second kappa shape index (κ2) is 7.49. The van der Waals surface area contributed by atoms with E-state index in [1.54, 1.807) is 19.1 Å². The Morgan fingerprint density at radius 3 is 2.38 bits per heavy atom. The van der Waals surface area contributed by atoms with E-state index in [-0.39, 0.29) is 10.5 Å². The van der Waals surface area contributed by atoms with Crippen LogP contribution >= 0.6 is 0 Å². The normalized spacial score (nSPS) is 11.2. The Balaban J connectivity index is 2.22. The van der Waals surface area contributed by atoms with Gasteiger partial charge in [0.2, 0.25) is 0 Å². The van der Waals surface area contributed by atoms with Gasteiger partial charge in [-0.15, -0.1) is 0 Å². The Morgan fingerprint density at radius 2 is 1.79 bits per heavy atom. The number of hydrogen-bond donors (Lipinski definition) is 1. The molecule has 0 fully saturated rings. The number of rotatable bonds is 7. The van der Waals surface area contributed by atoms with Crippen molar-refractivity contribution in [3.8, 4) is 0 Å². The molecule has 0 bridgehead atoms. The second-order valence-corrected chi connectivity index (χ2v) is 7.35. The summed E-state index contributed by atoms with van der Waals surface area (Å²) in [7, 11) is -3.86. The summed E-state index contributed by atoms with van der Waals surface area (Å²) >= 11 is 0. The maximum Gasteiger partial charge on any atom is 0.261 e. The van der Waals surface area contributed by atoms with Gasteiger partial charge in [0.1, 0.15) is 0 Å². The van der Waals surface area contributed by atoms with Crippen LogP contribution in [0.3, 0.4) is 0 Å². The summed E-state index contributed by atoms with van der Waals surface area (Å²) in [6, 6.07) is 11.1. The number of sulfonamides is 1. The van der Waals surface area contributed by atoms with E-state index in [0.29, 0.717) is 11.3 Å². The molecule has 2 rings (SSSR count). The van der Waals surface area contributed by atoms with Crippen molar-refractivity contribution in [1.82, 2.24) is 0 Å². The first-order valence-corrected chi connectivity index (χ1v) is 9.25. The number of anilines is 1.